The molecular weight excluding hydrogens is 304 g/mol. The summed E-state index contributed by atoms with van der Waals surface area (Å²) in [5.74, 6) is -0.594. The van der Waals surface area contributed by atoms with Crippen LogP contribution in [-0.4, -0.2) is 35.1 Å². The standard InChI is InChI=1S/C19H28N2O3/c1-5-14-6-8-15(9-7-14)16(13(2)3)20-18(24)21-11-10-19(4,12-21)17(22)23/h6-9,13,16H,5,10-12H2,1-4H3,(H,20,24)(H,22,23). The number of benzene rings is 1. The van der Waals surface area contributed by atoms with Gasteiger partial charge in [-0.25, -0.2) is 4.79 Å². The number of carboxylic acids is 1. The maximum absolute atomic E-state index is 12.6. The van der Waals surface area contributed by atoms with Gasteiger partial charge in [0.15, 0.2) is 0 Å². The van der Waals surface area contributed by atoms with Gasteiger partial charge in [0.05, 0.1) is 11.5 Å². The van der Waals surface area contributed by atoms with E-state index in [1.807, 2.05) is 0 Å². The number of aliphatic carboxylic acids is 1. The van der Waals surface area contributed by atoms with Crippen molar-refractivity contribution in [3.8, 4) is 0 Å². The number of nitrogens with one attached hydrogen (secondary N) is 1. The second-order valence-corrected chi connectivity index (χ2v) is 7.30. The van der Waals surface area contributed by atoms with E-state index in [9.17, 15) is 14.7 Å². The molecule has 1 aliphatic rings. The van der Waals surface area contributed by atoms with Crippen molar-refractivity contribution in [3.05, 3.63) is 35.4 Å². The molecule has 2 rings (SSSR count). The Bertz CT molecular complexity index is 597. The van der Waals surface area contributed by atoms with Crippen LogP contribution in [0.15, 0.2) is 24.3 Å². The Labute approximate surface area is 144 Å². The number of rotatable bonds is 5. The summed E-state index contributed by atoms with van der Waals surface area (Å²) < 4.78 is 0. The zero-order valence-corrected chi connectivity index (χ0v) is 15.0. The molecule has 132 valence electrons. The minimum absolute atomic E-state index is 0.0832. The van der Waals surface area contributed by atoms with Crippen LogP contribution in [0.2, 0.25) is 0 Å². The van der Waals surface area contributed by atoms with Crippen LogP contribution >= 0.6 is 0 Å². The van der Waals surface area contributed by atoms with Gasteiger partial charge in [-0.1, -0.05) is 45.0 Å². The Balaban J connectivity index is 2.08. The predicted molar refractivity (Wildman–Crippen MR) is 93.9 cm³/mol. The topological polar surface area (TPSA) is 69.6 Å². The van der Waals surface area contributed by atoms with E-state index >= 15 is 0 Å². The number of hydrogen-bond donors (Lipinski definition) is 2. The number of carbonyl (C=O) groups is 2. The summed E-state index contributed by atoms with van der Waals surface area (Å²) >= 11 is 0. The van der Waals surface area contributed by atoms with E-state index in [0.717, 1.165) is 12.0 Å². The Morgan fingerprint density at radius 1 is 1.29 bits per heavy atom. The molecule has 24 heavy (non-hydrogen) atoms. The molecule has 0 saturated carbocycles. The first kappa shape index (κ1) is 18.3. The maximum Gasteiger partial charge on any atom is 0.317 e. The first-order valence-electron chi connectivity index (χ1n) is 8.64. The molecule has 2 unspecified atom stereocenters. The summed E-state index contributed by atoms with van der Waals surface area (Å²) in [5, 5.41) is 12.4. The fourth-order valence-corrected chi connectivity index (χ4v) is 3.13. The number of amides is 2. The van der Waals surface area contributed by atoms with Crippen LogP contribution in [0, 0.1) is 11.3 Å². The molecule has 5 nitrogen and oxygen atoms in total. The third-order valence-corrected chi connectivity index (χ3v) is 4.97. The molecule has 0 spiro atoms. The number of aryl methyl sites for hydroxylation is 1. The zero-order valence-electron chi connectivity index (χ0n) is 15.0. The smallest absolute Gasteiger partial charge is 0.317 e. The molecule has 1 aliphatic heterocycles. The SMILES string of the molecule is CCc1ccc(C(NC(=O)N2CCC(C)(C(=O)O)C2)C(C)C)cc1. The van der Waals surface area contributed by atoms with E-state index in [4.69, 9.17) is 0 Å². The summed E-state index contributed by atoms with van der Waals surface area (Å²) in [5.41, 5.74) is 1.51. The Morgan fingerprint density at radius 3 is 2.38 bits per heavy atom. The first-order chi connectivity index (χ1) is 11.3. The number of carboxylic acid groups (broad SMARTS) is 1. The summed E-state index contributed by atoms with van der Waals surface area (Å²) in [6, 6.07) is 8.05. The Hall–Kier alpha value is -2.04. The van der Waals surface area contributed by atoms with Crippen molar-refractivity contribution in [1.82, 2.24) is 10.2 Å². The number of likely N-dealkylation sites (tertiary alicyclic amines) is 1. The lowest BCUT2D eigenvalue weighted by Gasteiger charge is -2.27. The van der Waals surface area contributed by atoms with Gasteiger partial charge >= 0.3 is 12.0 Å². The van der Waals surface area contributed by atoms with Crippen LogP contribution in [0.1, 0.15) is 51.3 Å². The van der Waals surface area contributed by atoms with Crippen LogP contribution in [-0.2, 0) is 11.2 Å². The van der Waals surface area contributed by atoms with E-state index in [0.29, 0.717) is 13.0 Å². The molecular formula is C19H28N2O3. The van der Waals surface area contributed by atoms with Gasteiger partial charge in [0.25, 0.3) is 0 Å². The first-order valence-corrected chi connectivity index (χ1v) is 8.64. The molecule has 1 aromatic carbocycles. The number of urea groups is 1. The molecule has 0 radical (unpaired) electrons. The highest BCUT2D eigenvalue weighted by Gasteiger charge is 2.42. The van der Waals surface area contributed by atoms with Gasteiger partial charge in [-0.2, -0.15) is 0 Å². The van der Waals surface area contributed by atoms with Gasteiger partial charge in [-0.05, 0) is 36.8 Å². The average molecular weight is 332 g/mol. The fourth-order valence-electron chi connectivity index (χ4n) is 3.13. The maximum atomic E-state index is 12.6. The molecule has 0 aliphatic carbocycles. The van der Waals surface area contributed by atoms with Crippen LogP contribution in [0.25, 0.3) is 0 Å². The highest BCUT2D eigenvalue weighted by atomic mass is 16.4. The third-order valence-electron chi connectivity index (χ3n) is 4.97. The van der Waals surface area contributed by atoms with E-state index in [1.54, 1.807) is 11.8 Å². The van der Waals surface area contributed by atoms with Gasteiger partial charge in [-0.3, -0.25) is 4.79 Å². The van der Waals surface area contributed by atoms with Crippen molar-refractivity contribution >= 4 is 12.0 Å². The van der Waals surface area contributed by atoms with Crippen LogP contribution in [0.4, 0.5) is 4.79 Å². The minimum atomic E-state index is -0.840. The van der Waals surface area contributed by atoms with Crippen molar-refractivity contribution in [1.29, 1.82) is 0 Å². The molecule has 1 heterocycles. The highest BCUT2D eigenvalue weighted by Crippen LogP contribution is 2.31. The third kappa shape index (κ3) is 3.89. The fraction of sp³-hybridized carbons (Fsp3) is 0.579. The average Bonchev–Trinajstić information content (AvgIpc) is 2.96. The van der Waals surface area contributed by atoms with Crippen molar-refractivity contribution in [2.45, 2.75) is 46.6 Å². The lowest BCUT2D eigenvalue weighted by Crippen LogP contribution is -2.43. The number of hydrogen-bond acceptors (Lipinski definition) is 2. The molecule has 1 fully saturated rings. The van der Waals surface area contributed by atoms with Gasteiger partial charge in [0.2, 0.25) is 0 Å². The quantitative estimate of drug-likeness (QED) is 0.867. The molecule has 0 aromatic heterocycles. The van der Waals surface area contributed by atoms with Crippen LogP contribution in [0.3, 0.4) is 0 Å². The zero-order chi connectivity index (χ0) is 17.9. The molecule has 0 bridgehead atoms. The summed E-state index contributed by atoms with van der Waals surface area (Å²) in [4.78, 5) is 25.5. The van der Waals surface area contributed by atoms with Crippen molar-refractivity contribution in [3.63, 3.8) is 0 Å². The summed E-state index contributed by atoms with van der Waals surface area (Å²) in [6.45, 7) is 8.70. The molecule has 5 heteroatoms. The number of carbonyl (C=O) groups excluding carboxylic acids is 1. The largest absolute Gasteiger partial charge is 0.481 e. The second-order valence-electron chi connectivity index (χ2n) is 7.30. The normalized spacial score (nSPS) is 21.8. The number of nitrogens with zero attached hydrogens (tertiary/aromatic N) is 1. The van der Waals surface area contributed by atoms with E-state index < -0.39 is 11.4 Å². The lowest BCUT2D eigenvalue weighted by molar-refractivity contribution is -0.147. The predicted octanol–water partition coefficient (Wildman–Crippen LogP) is 3.45. The van der Waals surface area contributed by atoms with Crippen LogP contribution in [0.5, 0.6) is 0 Å². The monoisotopic (exact) mass is 332 g/mol. The molecule has 1 aromatic rings. The summed E-state index contributed by atoms with van der Waals surface area (Å²) in [7, 11) is 0. The van der Waals surface area contributed by atoms with Gasteiger partial charge in [-0.15, -0.1) is 0 Å². The van der Waals surface area contributed by atoms with E-state index in [1.165, 1.54) is 5.56 Å². The highest BCUT2D eigenvalue weighted by molar-refractivity contribution is 5.79. The van der Waals surface area contributed by atoms with E-state index in [2.05, 4.69) is 50.4 Å². The summed E-state index contributed by atoms with van der Waals surface area (Å²) in [6.07, 6.45) is 1.48. The van der Waals surface area contributed by atoms with Gasteiger partial charge < -0.3 is 15.3 Å². The molecule has 1 saturated heterocycles. The van der Waals surface area contributed by atoms with Gasteiger partial charge in [0, 0.05) is 13.1 Å². The molecule has 2 amide bonds. The van der Waals surface area contributed by atoms with Crippen molar-refractivity contribution in [2.75, 3.05) is 13.1 Å². The lowest BCUT2D eigenvalue weighted by atomic mass is 9.90. The van der Waals surface area contributed by atoms with E-state index in [-0.39, 0.29) is 24.5 Å². The van der Waals surface area contributed by atoms with Gasteiger partial charge in [0.1, 0.15) is 0 Å². The molecule has 2 N–H and O–H groups in total. The Kier molecular flexibility index (Phi) is 5.52. The molecule has 2 atom stereocenters. The minimum Gasteiger partial charge on any atom is -0.481 e. The Morgan fingerprint density at radius 2 is 1.92 bits per heavy atom. The van der Waals surface area contributed by atoms with Crippen molar-refractivity contribution in [2.24, 2.45) is 11.3 Å². The second kappa shape index (κ2) is 7.24. The van der Waals surface area contributed by atoms with Crippen LogP contribution < -0.4 is 5.32 Å². The van der Waals surface area contributed by atoms with Crippen molar-refractivity contribution < 1.29 is 14.7 Å².